The molecule has 0 radical (unpaired) electrons. The van der Waals surface area contributed by atoms with Crippen LogP contribution >= 0.6 is 0 Å². The maximum Gasteiger partial charge on any atom is 0.409 e. The summed E-state index contributed by atoms with van der Waals surface area (Å²) in [6, 6.07) is 23.0. The number of rotatable bonds is 7. The molecule has 2 aromatic carbocycles. The van der Waals surface area contributed by atoms with Gasteiger partial charge in [0.2, 0.25) is 0 Å². The summed E-state index contributed by atoms with van der Waals surface area (Å²) < 4.78 is 8.27. The first-order valence-electron chi connectivity index (χ1n) is 13.9. The average Bonchev–Trinajstić information content (AvgIpc) is 3.46. The monoisotopic (exact) mass is 517 g/mol. The summed E-state index contributed by atoms with van der Waals surface area (Å²) >= 11 is 0. The van der Waals surface area contributed by atoms with E-state index in [0.717, 1.165) is 37.2 Å². The lowest BCUT2D eigenvalue weighted by molar-refractivity contribution is 0.0970. The van der Waals surface area contributed by atoms with E-state index < -0.39 is 0 Å². The predicted molar refractivity (Wildman–Crippen MR) is 156 cm³/mol. The van der Waals surface area contributed by atoms with Crippen molar-refractivity contribution >= 4 is 12.2 Å². The molecule has 1 amide bonds. The topological polar surface area (TPSA) is 47.4 Å². The van der Waals surface area contributed by atoms with Gasteiger partial charge in [0.1, 0.15) is 6.61 Å². The minimum absolute atomic E-state index is 0.00646. The number of carbonyl (C=O) groups excluding carboxylic acids is 1. The zero-order chi connectivity index (χ0) is 26.9. The third kappa shape index (κ3) is 4.89. The molecule has 2 aromatic heterocycles. The van der Waals surface area contributed by atoms with Gasteiger partial charge in [0.05, 0.1) is 12.2 Å². The Morgan fingerprint density at radius 3 is 2.49 bits per heavy atom. The molecule has 2 heterocycles. The van der Waals surface area contributed by atoms with Crippen LogP contribution in [0.15, 0.2) is 79.0 Å². The number of benzene rings is 2. The number of hydrogen-bond acceptors (Lipinski definition) is 3. The van der Waals surface area contributed by atoms with E-state index in [4.69, 9.17) is 9.72 Å². The van der Waals surface area contributed by atoms with Gasteiger partial charge in [-0.15, -0.1) is 0 Å². The lowest BCUT2D eigenvalue weighted by Gasteiger charge is -2.25. The van der Waals surface area contributed by atoms with E-state index in [1.54, 1.807) is 4.90 Å². The van der Waals surface area contributed by atoms with Gasteiger partial charge < -0.3 is 14.2 Å². The Bertz CT molecular complexity index is 1500. The molecular formula is C34H35N3O2. The van der Waals surface area contributed by atoms with E-state index in [9.17, 15) is 4.79 Å². The fourth-order valence-corrected chi connectivity index (χ4v) is 6.08. The Kier molecular flexibility index (Phi) is 6.82. The second-order valence-electron chi connectivity index (χ2n) is 10.8. The van der Waals surface area contributed by atoms with E-state index in [2.05, 4.69) is 90.5 Å². The standard InChI is InChI=1S/C34H35N3O2/c1-23-11-10-12-26(35-23)21-37-20-25(27-13-8-9-18-33(27)37)19-24(2)36(3)34(38)39-22-32-30-16-6-4-14-28(30)29-15-5-7-17-31(29)32/h4-8,10-17,20,24,32H,9,18-19,21-22H2,1-3H3. The number of aryl methyl sites for hydroxylation is 1. The van der Waals surface area contributed by atoms with Crippen LogP contribution in [0.3, 0.4) is 0 Å². The molecule has 0 spiro atoms. The Hall–Kier alpha value is -4.12. The number of allylic oxidation sites excluding steroid dienone is 1. The van der Waals surface area contributed by atoms with Crippen LogP contribution in [0, 0.1) is 6.92 Å². The molecule has 0 fully saturated rings. The molecule has 2 aliphatic rings. The van der Waals surface area contributed by atoms with Gasteiger partial charge in [0.15, 0.2) is 0 Å². The molecule has 0 bridgehead atoms. The molecule has 4 aromatic rings. The molecule has 1 unspecified atom stereocenters. The lowest BCUT2D eigenvalue weighted by Crippen LogP contribution is -2.37. The van der Waals surface area contributed by atoms with E-state index >= 15 is 0 Å². The Morgan fingerprint density at radius 2 is 1.77 bits per heavy atom. The summed E-state index contributed by atoms with van der Waals surface area (Å²) in [6.45, 7) is 5.22. The third-order valence-corrected chi connectivity index (χ3v) is 8.23. The number of nitrogens with zero attached hydrogens (tertiary/aromatic N) is 3. The number of ether oxygens (including phenoxy) is 1. The van der Waals surface area contributed by atoms with Crippen LogP contribution in [0.5, 0.6) is 0 Å². The van der Waals surface area contributed by atoms with Gasteiger partial charge in [-0.3, -0.25) is 4.98 Å². The van der Waals surface area contributed by atoms with Crippen molar-refractivity contribution in [2.75, 3.05) is 13.7 Å². The molecule has 39 heavy (non-hydrogen) atoms. The Morgan fingerprint density at radius 1 is 1.05 bits per heavy atom. The van der Waals surface area contributed by atoms with Crippen LogP contribution in [-0.4, -0.2) is 40.2 Å². The molecular weight excluding hydrogens is 482 g/mol. The molecule has 1 atom stereocenters. The fraction of sp³-hybridized carbons (Fsp3) is 0.294. The predicted octanol–water partition coefficient (Wildman–Crippen LogP) is 7.01. The second-order valence-corrected chi connectivity index (χ2v) is 10.8. The zero-order valence-electron chi connectivity index (χ0n) is 22.9. The number of hydrogen-bond donors (Lipinski definition) is 0. The van der Waals surface area contributed by atoms with Gasteiger partial charge in [-0.05, 0) is 78.6 Å². The molecule has 0 saturated heterocycles. The fourth-order valence-electron chi connectivity index (χ4n) is 6.08. The van der Waals surface area contributed by atoms with Gasteiger partial charge in [0, 0.05) is 36.6 Å². The highest BCUT2D eigenvalue weighted by Crippen LogP contribution is 2.44. The highest BCUT2D eigenvalue weighted by atomic mass is 16.6. The largest absolute Gasteiger partial charge is 0.448 e. The van der Waals surface area contributed by atoms with Crippen molar-refractivity contribution in [3.8, 4) is 11.1 Å². The number of carbonyl (C=O) groups is 1. The van der Waals surface area contributed by atoms with Crippen molar-refractivity contribution in [2.24, 2.45) is 0 Å². The third-order valence-electron chi connectivity index (χ3n) is 8.23. The molecule has 0 N–H and O–H groups in total. The first-order chi connectivity index (χ1) is 19.0. The maximum atomic E-state index is 13.2. The Balaban J connectivity index is 1.15. The van der Waals surface area contributed by atoms with Gasteiger partial charge >= 0.3 is 6.09 Å². The van der Waals surface area contributed by atoms with Gasteiger partial charge in [0.25, 0.3) is 0 Å². The Labute approximate surface area is 230 Å². The van der Waals surface area contributed by atoms with Crippen LogP contribution in [0.1, 0.15) is 58.6 Å². The van der Waals surface area contributed by atoms with Crippen LogP contribution in [-0.2, 0) is 24.1 Å². The maximum absolute atomic E-state index is 13.2. The van der Waals surface area contributed by atoms with Crippen molar-refractivity contribution in [3.05, 3.63) is 118 Å². The SMILES string of the molecule is Cc1cccc(Cn2cc(CC(C)N(C)C(=O)OCC3c4ccccc4-c4ccccc43)c3c2CCC=C3)n1. The lowest BCUT2D eigenvalue weighted by atomic mass is 9.98. The summed E-state index contributed by atoms with van der Waals surface area (Å²) in [4.78, 5) is 19.7. The van der Waals surface area contributed by atoms with E-state index in [0.29, 0.717) is 6.61 Å². The van der Waals surface area contributed by atoms with Crippen LogP contribution in [0.4, 0.5) is 4.79 Å². The summed E-state index contributed by atoms with van der Waals surface area (Å²) in [5.41, 5.74) is 10.9. The van der Waals surface area contributed by atoms with Crippen molar-refractivity contribution in [3.63, 3.8) is 0 Å². The van der Waals surface area contributed by atoms with Gasteiger partial charge in [-0.1, -0.05) is 66.7 Å². The summed E-state index contributed by atoms with van der Waals surface area (Å²) in [5.74, 6) is 0.0616. The summed E-state index contributed by atoms with van der Waals surface area (Å²) in [7, 11) is 1.85. The molecule has 198 valence electrons. The van der Waals surface area contributed by atoms with E-state index in [1.807, 2.05) is 20.0 Å². The van der Waals surface area contributed by atoms with Crippen molar-refractivity contribution in [1.82, 2.24) is 14.5 Å². The van der Waals surface area contributed by atoms with Crippen molar-refractivity contribution in [1.29, 1.82) is 0 Å². The van der Waals surface area contributed by atoms with E-state index in [1.165, 1.54) is 39.1 Å². The zero-order valence-corrected chi connectivity index (χ0v) is 22.9. The first-order valence-corrected chi connectivity index (χ1v) is 13.9. The van der Waals surface area contributed by atoms with E-state index in [-0.39, 0.29) is 18.1 Å². The highest BCUT2D eigenvalue weighted by molar-refractivity contribution is 5.79. The quantitative estimate of drug-likeness (QED) is 0.265. The molecule has 5 heteroatoms. The van der Waals surface area contributed by atoms with Crippen LogP contribution < -0.4 is 0 Å². The number of aromatic nitrogens is 2. The summed E-state index contributed by atoms with van der Waals surface area (Å²) in [6.07, 6.45) is 9.31. The van der Waals surface area contributed by atoms with Crippen LogP contribution in [0.2, 0.25) is 0 Å². The number of pyridine rings is 1. The van der Waals surface area contributed by atoms with Crippen LogP contribution in [0.25, 0.3) is 17.2 Å². The minimum Gasteiger partial charge on any atom is -0.448 e. The average molecular weight is 518 g/mol. The first kappa shape index (κ1) is 25.2. The second kappa shape index (κ2) is 10.6. The van der Waals surface area contributed by atoms with Crippen molar-refractivity contribution < 1.29 is 9.53 Å². The number of amides is 1. The molecule has 6 rings (SSSR count). The smallest absolute Gasteiger partial charge is 0.409 e. The van der Waals surface area contributed by atoms with Gasteiger partial charge in [-0.2, -0.15) is 0 Å². The summed E-state index contributed by atoms with van der Waals surface area (Å²) in [5, 5.41) is 0. The number of fused-ring (bicyclic) bond motifs is 4. The van der Waals surface area contributed by atoms with Gasteiger partial charge in [-0.25, -0.2) is 4.79 Å². The van der Waals surface area contributed by atoms with Crippen molar-refractivity contribution in [2.45, 2.75) is 51.6 Å². The number of likely N-dealkylation sites (N-methyl/N-ethyl adjacent to an activating group) is 1. The molecule has 5 nitrogen and oxygen atoms in total. The molecule has 2 aliphatic carbocycles. The highest BCUT2D eigenvalue weighted by Gasteiger charge is 2.30. The molecule has 0 aliphatic heterocycles. The molecule has 0 saturated carbocycles. The minimum atomic E-state index is -0.280. The normalized spacial score (nSPS) is 14.4.